The van der Waals surface area contributed by atoms with Gasteiger partial charge in [0, 0.05) is 8.07 Å². The fourth-order valence-corrected chi connectivity index (χ4v) is 6.67. The standard InChI is InChI=1S/C36H40BrNO4Si/c1-6-19-40-27-15-13-25(14-16-27)28-9-7-10-29(24(28)2)30-11-8-12-32-31(30)17-18-34(32)42-36-33(37)22-26(23-39)35(38-36)41-20-21-43(3,4)5/h7-16,22-23,34H,6,17-21H2,1-5H3/t34-/m0/s1. The fraction of sp³-hybridized carbons (Fsp3) is 0.333. The maximum atomic E-state index is 11.7. The van der Waals surface area contributed by atoms with E-state index in [1.807, 2.05) is 0 Å². The highest BCUT2D eigenvalue weighted by Gasteiger charge is 2.29. The summed E-state index contributed by atoms with van der Waals surface area (Å²) in [6.45, 7) is 12.5. The van der Waals surface area contributed by atoms with Crippen LogP contribution in [-0.4, -0.2) is 32.6 Å². The number of rotatable bonds is 12. The Bertz CT molecular complexity index is 1600. The first-order valence-electron chi connectivity index (χ1n) is 15.1. The highest BCUT2D eigenvalue weighted by atomic mass is 79.9. The third kappa shape index (κ3) is 7.22. The van der Waals surface area contributed by atoms with Gasteiger partial charge in [-0.05, 0) is 105 Å². The molecule has 0 spiro atoms. The summed E-state index contributed by atoms with van der Waals surface area (Å²) in [7, 11) is -1.29. The van der Waals surface area contributed by atoms with Crippen LogP contribution in [0.25, 0.3) is 22.3 Å². The van der Waals surface area contributed by atoms with Crippen LogP contribution in [0.5, 0.6) is 17.5 Å². The highest BCUT2D eigenvalue weighted by molar-refractivity contribution is 9.10. The van der Waals surface area contributed by atoms with Crippen molar-refractivity contribution in [3.05, 3.63) is 93.5 Å². The van der Waals surface area contributed by atoms with E-state index in [0.29, 0.717) is 28.4 Å². The van der Waals surface area contributed by atoms with Crippen molar-refractivity contribution < 1.29 is 19.0 Å². The second kappa shape index (κ2) is 13.5. The Balaban J connectivity index is 1.40. The van der Waals surface area contributed by atoms with Crippen LogP contribution in [0.15, 0.2) is 71.2 Å². The van der Waals surface area contributed by atoms with E-state index >= 15 is 0 Å². The average Bonchev–Trinajstić information content (AvgIpc) is 3.40. The van der Waals surface area contributed by atoms with Gasteiger partial charge in [-0.15, -0.1) is 0 Å². The number of halogens is 1. The van der Waals surface area contributed by atoms with Gasteiger partial charge in [-0.1, -0.05) is 75.1 Å². The molecule has 1 aliphatic carbocycles. The van der Waals surface area contributed by atoms with Crippen molar-refractivity contribution in [2.24, 2.45) is 0 Å². The Morgan fingerprint density at radius 1 is 0.930 bits per heavy atom. The molecule has 43 heavy (non-hydrogen) atoms. The van der Waals surface area contributed by atoms with Crippen molar-refractivity contribution in [3.63, 3.8) is 0 Å². The zero-order chi connectivity index (χ0) is 30.6. The lowest BCUT2D eigenvalue weighted by Gasteiger charge is -2.19. The topological polar surface area (TPSA) is 57.6 Å². The molecule has 0 unspecified atom stereocenters. The molecule has 7 heteroatoms. The van der Waals surface area contributed by atoms with Gasteiger partial charge in [0.25, 0.3) is 0 Å². The summed E-state index contributed by atoms with van der Waals surface area (Å²) >= 11 is 3.57. The summed E-state index contributed by atoms with van der Waals surface area (Å²) in [6.07, 6.45) is 3.39. The molecule has 0 amide bonds. The molecule has 4 aromatic rings. The molecule has 1 aromatic heterocycles. The smallest absolute Gasteiger partial charge is 0.231 e. The zero-order valence-corrected chi connectivity index (χ0v) is 28.3. The van der Waals surface area contributed by atoms with Crippen molar-refractivity contribution in [2.45, 2.75) is 64.9 Å². The molecular formula is C36H40BrNO4Si. The number of hydrogen-bond donors (Lipinski definition) is 0. The number of fused-ring (bicyclic) bond motifs is 1. The van der Waals surface area contributed by atoms with Gasteiger partial charge in [0.1, 0.15) is 11.9 Å². The molecule has 0 saturated heterocycles. The number of hydrogen-bond acceptors (Lipinski definition) is 5. The van der Waals surface area contributed by atoms with Gasteiger partial charge in [0.15, 0.2) is 6.29 Å². The molecule has 3 aromatic carbocycles. The van der Waals surface area contributed by atoms with E-state index in [0.717, 1.165) is 43.9 Å². The first-order chi connectivity index (χ1) is 20.7. The van der Waals surface area contributed by atoms with E-state index < -0.39 is 8.07 Å². The molecule has 1 heterocycles. The van der Waals surface area contributed by atoms with E-state index in [9.17, 15) is 4.79 Å². The molecular weight excluding hydrogens is 618 g/mol. The maximum absolute atomic E-state index is 11.7. The third-order valence-electron chi connectivity index (χ3n) is 7.89. The van der Waals surface area contributed by atoms with Crippen LogP contribution in [0.2, 0.25) is 25.7 Å². The Labute approximate surface area is 264 Å². The predicted octanol–water partition coefficient (Wildman–Crippen LogP) is 9.87. The number of aldehydes is 1. The molecule has 0 saturated carbocycles. The second-order valence-electron chi connectivity index (χ2n) is 12.3. The molecule has 0 fully saturated rings. The van der Waals surface area contributed by atoms with Crippen LogP contribution in [-0.2, 0) is 6.42 Å². The SMILES string of the molecule is CCCOc1ccc(-c2cccc(-c3cccc4c3CC[C@@H]4Oc3nc(OCC[Si](C)(C)C)c(C=O)cc3Br)c2C)cc1. The molecule has 0 aliphatic heterocycles. The van der Waals surface area contributed by atoms with Crippen LogP contribution in [0.1, 0.15) is 52.9 Å². The summed E-state index contributed by atoms with van der Waals surface area (Å²) in [5, 5.41) is 0. The van der Waals surface area contributed by atoms with E-state index in [-0.39, 0.29) is 6.10 Å². The van der Waals surface area contributed by atoms with Crippen molar-refractivity contribution in [2.75, 3.05) is 13.2 Å². The van der Waals surface area contributed by atoms with Crippen molar-refractivity contribution in [3.8, 4) is 39.8 Å². The number of carbonyl (C=O) groups is 1. The number of nitrogens with zero attached hydrogens (tertiary/aromatic N) is 1. The minimum atomic E-state index is -1.29. The van der Waals surface area contributed by atoms with E-state index in [2.05, 4.69) is 115 Å². The summed E-state index contributed by atoms with van der Waals surface area (Å²) in [5.74, 6) is 1.68. The van der Waals surface area contributed by atoms with Crippen LogP contribution in [0.3, 0.4) is 0 Å². The number of ether oxygens (including phenoxy) is 3. The van der Waals surface area contributed by atoms with Gasteiger partial charge in [-0.3, -0.25) is 4.79 Å². The molecule has 1 atom stereocenters. The molecule has 0 radical (unpaired) electrons. The molecule has 5 nitrogen and oxygen atoms in total. The van der Waals surface area contributed by atoms with Crippen LogP contribution < -0.4 is 14.2 Å². The quantitative estimate of drug-likeness (QED) is 0.112. The molecule has 0 bridgehead atoms. The summed E-state index contributed by atoms with van der Waals surface area (Å²) < 4.78 is 18.9. The number of aromatic nitrogens is 1. The number of benzene rings is 3. The van der Waals surface area contributed by atoms with Gasteiger partial charge in [0.2, 0.25) is 11.8 Å². The van der Waals surface area contributed by atoms with E-state index in [4.69, 9.17) is 14.2 Å². The van der Waals surface area contributed by atoms with Crippen molar-refractivity contribution in [1.29, 1.82) is 0 Å². The first-order valence-corrected chi connectivity index (χ1v) is 19.6. The zero-order valence-electron chi connectivity index (χ0n) is 25.7. The lowest BCUT2D eigenvalue weighted by atomic mass is 9.89. The van der Waals surface area contributed by atoms with Gasteiger partial charge in [-0.2, -0.15) is 4.98 Å². The summed E-state index contributed by atoms with van der Waals surface area (Å²) in [5.41, 5.74) is 9.01. The highest BCUT2D eigenvalue weighted by Crippen LogP contribution is 2.43. The molecule has 0 N–H and O–H groups in total. The minimum Gasteiger partial charge on any atom is -0.494 e. The normalized spacial score (nSPS) is 14.3. The Kier molecular flexibility index (Phi) is 9.72. The Morgan fingerprint density at radius 3 is 2.37 bits per heavy atom. The monoisotopic (exact) mass is 657 g/mol. The third-order valence-corrected chi connectivity index (χ3v) is 10.2. The minimum absolute atomic E-state index is 0.144. The van der Waals surface area contributed by atoms with Crippen LogP contribution >= 0.6 is 15.9 Å². The number of pyridine rings is 1. The lowest BCUT2D eigenvalue weighted by Crippen LogP contribution is -2.22. The summed E-state index contributed by atoms with van der Waals surface area (Å²) in [4.78, 5) is 16.4. The lowest BCUT2D eigenvalue weighted by molar-refractivity contribution is 0.111. The van der Waals surface area contributed by atoms with Crippen molar-refractivity contribution in [1.82, 2.24) is 4.98 Å². The first kappa shape index (κ1) is 31.0. The Hall–Kier alpha value is -3.42. The predicted molar refractivity (Wildman–Crippen MR) is 180 cm³/mol. The van der Waals surface area contributed by atoms with E-state index in [1.165, 1.54) is 38.9 Å². The van der Waals surface area contributed by atoms with Crippen molar-refractivity contribution >= 4 is 30.3 Å². The van der Waals surface area contributed by atoms with Gasteiger partial charge in [0.05, 0.1) is 23.2 Å². The summed E-state index contributed by atoms with van der Waals surface area (Å²) in [6, 6.07) is 24.1. The van der Waals surface area contributed by atoms with Gasteiger partial charge < -0.3 is 14.2 Å². The second-order valence-corrected chi connectivity index (χ2v) is 18.8. The maximum Gasteiger partial charge on any atom is 0.231 e. The number of carbonyl (C=O) groups excluding carboxylic acids is 1. The fourth-order valence-electron chi connectivity index (χ4n) is 5.52. The van der Waals surface area contributed by atoms with Gasteiger partial charge >= 0.3 is 0 Å². The average molecular weight is 659 g/mol. The molecule has 5 rings (SSSR count). The van der Waals surface area contributed by atoms with E-state index in [1.54, 1.807) is 6.07 Å². The largest absolute Gasteiger partial charge is 0.494 e. The molecule has 224 valence electrons. The van der Waals surface area contributed by atoms with Gasteiger partial charge in [-0.25, -0.2) is 0 Å². The molecule has 1 aliphatic rings. The van der Waals surface area contributed by atoms with Crippen LogP contribution in [0.4, 0.5) is 0 Å². The Morgan fingerprint density at radius 2 is 1.65 bits per heavy atom. The van der Waals surface area contributed by atoms with Crippen LogP contribution in [0, 0.1) is 6.92 Å².